The molecule has 0 bridgehead atoms. The molecule has 0 saturated heterocycles. The highest BCUT2D eigenvalue weighted by Gasteiger charge is 2.12. The van der Waals surface area contributed by atoms with Crippen LogP contribution in [0.5, 0.6) is 0 Å². The van der Waals surface area contributed by atoms with E-state index in [0.717, 1.165) is 12.8 Å². The number of halogens is 1. The van der Waals surface area contributed by atoms with Crippen LogP contribution in [-0.4, -0.2) is 5.38 Å². The molecule has 0 nitrogen and oxygen atoms in total. The predicted octanol–water partition coefficient (Wildman–Crippen LogP) is 5.10. The van der Waals surface area contributed by atoms with Gasteiger partial charge in [-0.3, -0.25) is 0 Å². The van der Waals surface area contributed by atoms with Gasteiger partial charge in [-0.25, -0.2) is 0 Å². The SMILES string of the molecule is ClC1C=C(Cc2cccc3ccccc23)CCC1. The first-order valence-electron chi connectivity index (χ1n) is 6.63. The molecule has 0 fully saturated rings. The monoisotopic (exact) mass is 256 g/mol. The number of rotatable bonds is 2. The lowest BCUT2D eigenvalue weighted by molar-refractivity contribution is 0.694. The predicted molar refractivity (Wildman–Crippen MR) is 79.2 cm³/mol. The van der Waals surface area contributed by atoms with Gasteiger partial charge in [0.2, 0.25) is 0 Å². The van der Waals surface area contributed by atoms with Crippen LogP contribution in [0.2, 0.25) is 0 Å². The van der Waals surface area contributed by atoms with Gasteiger partial charge in [-0.1, -0.05) is 54.1 Å². The van der Waals surface area contributed by atoms with Crippen molar-refractivity contribution >= 4 is 22.4 Å². The largest absolute Gasteiger partial charge is 0.118 e. The zero-order chi connectivity index (χ0) is 12.4. The third-order valence-electron chi connectivity index (χ3n) is 3.69. The molecule has 1 unspecified atom stereocenters. The zero-order valence-electron chi connectivity index (χ0n) is 10.4. The smallest absolute Gasteiger partial charge is 0.0518 e. The Morgan fingerprint density at radius 1 is 1.06 bits per heavy atom. The van der Waals surface area contributed by atoms with Gasteiger partial charge in [0.1, 0.15) is 0 Å². The minimum Gasteiger partial charge on any atom is -0.118 e. The van der Waals surface area contributed by atoms with Crippen LogP contribution >= 0.6 is 11.6 Å². The number of fused-ring (bicyclic) bond motifs is 1. The lowest BCUT2D eigenvalue weighted by Crippen LogP contribution is -2.05. The van der Waals surface area contributed by atoms with E-state index >= 15 is 0 Å². The highest BCUT2D eigenvalue weighted by atomic mass is 35.5. The molecule has 0 saturated carbocycles. The molecule has 1 aliphatic rings. The van der Waals surface area contributed by atoms with Crippen LogP contribution in [0.4, 0.5) is 0 Å². The molecule has 3 rings (SSSR count). The third-order valence-corrected chi connectivity index (χ3v) is 4.04. The van der Waals surface area contributed by atoms with Crippen LogP contribution < -0.4 is 0 Å². The number of hydrogen-bond acceptors (Lipinski definition) is 0. The second-order valence-electron chi connectivity index (χ2n) is 5.05. The van der Waals surface area contributed by atoms with E-state index in [0.29, 0.717) is 0 Å². The van der Waals surface area contributed by atoms with Crippen LogP contribution in [0.3, 0.4) is 0 Å². The first kappa shape index (κ1) is 11.8. The van der Waals surface area contributed by atoms with Crippen LogP contribution in [0.25, 0.3) is 10.8 Å². The van der Waals surface area contributed by atoms with E-state index in [1.165, 1.54) is 34.8 Å². The number of benzene rings is 2. The lowest BCUT2D eigenvalue weighted by atomic mass is 9.92. The summed E-state index contributed by atoms with van der Waals surface area (Å²) in [6.45, 7) is 0. The minimum absolute atomic E-state index is 0.240. The standard InChI is InChI=1S/C17H17Cl/c18-16-9-3-5-13(12-16)11-15-8-4-7-14-6-1-2-10-17(14)15/h1-2,4,6-8,10,12,16H,3,5,9,11H2. The Morgan fingerprint density at radius 3 is 2.78 bits per heavy atom. The molecule has 2 aromatic carbocycles. The molecule has 18 heavy (non-hydrogen) atoms. The molecule has 1 atom stereocenters. The van der Waals surface area contributed by atoms with Gasteiger partial charge in [0.25, 0.3) is 0 Å². The van der Waals surface area contributed by atoms with Crippen molar-refractivity contribution in [3.05, 3.63) is 59.7 Å². The fourth-order valence-corrected chi connectivity index (χ4v) is 3.12. The van der Waals surface area contributed by atoms with Crippen molar-refractivity contribution < 1.29 is 0 Å². The van der Waals surface area contributed by atoms with Crippen molar-refractivity contribution in [2.75, 3.05) is 0 Å². The van der Waals surface area contributed by atoms with Gasteiger partial charge in [-0.15, -0.1) is 11.6 Å². The maximum Gasteiger partial charge on any atom is 0.0518 e. The van der Waals surface area contributed by atoms with Crippen molar-refractivity contribution in [3.8, 4) is 0 Å². The lowest BCUT2D eigenvalue weighted by Gasteiger charge is -2.17. The Balaban J connectivity index is 1.95. The molecule has 2 aromatic rings. The van der Waals surface area contributed by atoms with Crippen LogP contribution in [-0.2, 0) is 6.42 Å². The van der Waals surface area contributed by atoms with Gasteiger partial charge in [0.05, 0.1) is 5.38 Å². The summed E-state index contributed by atoms with van der Waals surface area (Å²) < 4.78 is 0. The van der Waals surface area contributed by atoms with Crippen molar-refractivity contribution in [1.82, 2.24) is 0 Å². The molecule has 0 N–H and O–H groups in total. The fraction of sp³-hybridized carbons (Fsp3) is 0.294. The number of hydrogen-bond donors (Lipinski definition) is 0. The molecule has 0 heterocycles. The maximum absolute atomic E-state index is 6.22. The van der Waals surface area contributed by atoms with Crippen molar-refractivity contribution in [2.24, 2.45) is 0 Å². The highest BCUT2D eigenvalue weighted by Crippen LogP contribution is 2.27. The molecular formula is C17H17Cl. The summed E-state index contributed by atoms with van der Waals surface area (Å²) in [5.74, 6) is 0. The Kier molecular flexibility index (Phi) is 3.38. The van der Waals surface area contributed by atoms with Gasteiger partial charge in [-0.05, 0) is 42.0 Å². The molecule has 92 valence electrons. The van der Waals surface area contributed by atoms with Crippen molar-refractivity contribution in [1.29, 1.82) is 0 Å². The van der Waals surface area contributed by atoms with Crippen LogP contribution in [0.15, 0.2) is 54.1 Å². The Hall–Kier alpha value is -1.27. The fourth-order valence-electron chi connectivity index (χ4n) is 2.79. The molecule has 0 aliphatic heterocycles. The summed E-state index contributed by atoms with van der Waals surface area (Å²) in [4.78, 5) is 0. The normalized spacial score (nSPS) is 19.8. The summed E-state index contributed by atoms with van der Waals surface area (Å²) in [5.41, 5.74) is 2.92. The minimum atomic E-state index is 0.240. The summed E-state index contributed by atoms with van der Waals surface area (Å²) in [6, 6.07) is 15.2. The molecule has 1 heteroatoms. The first-order valence-corrected chi connectivity index (χ1v) is 7.07. The first-order chi connectivity index (χ1) is 8.83. The number of alkyl halides is 1. The second-order valence-corrected chi connectivity index (χ2v) is 5.61. The van der Waals surface area contributed by atoms with Crippen molar-refractivity contribution in [3.63, 3.8) is 0 Å². The van der Waals surface area contributed by atoms with E-state index in [1.54, 1.807) is 0 Å². The van der Waals surface area contributed by atoms with Gasteiger partial charge in [-0.2, -0.15) is 0 Å². The zero-order valence-corrected chi connectivity index (χ0v) is 11.2. The van der Waals surface area contributed by atoms with E-state index in [-0.39, 0.29) is 5.38 Å². The highest BCUT2D eigenvalue weighted by molar-refractivity contribution is 6.21. The quantitative estimate of drug-likeness (QED) is 0.518. The molecule has 0 amide bonds. The third kappa shape index (κ3) is 2.44. The van der Waals surface area contributed by atoms with Gasteiger partial charge >= 0.3 is 0 Å². The Labute approximate surface area is 113 Å². The Bertz CT molecular complexity index is 578. The average Bonchev–Trinajstić information content (AvgIpc) is 2.39. The summed E-state index contributed by atoms with van der Waals surface area (Å²) in [7, 11) is 0. The van der Waals surface area contributed by atoms with E-state index in [4.69, 9.17) is 11.6 Å². The van der Waals surface area contributed by atoms with Crippen LogP contribution in [0, 0.1) is 0 Å². The molecule has 1 aliphatic carbocycles. The van der Waals surface area contributed by atoms with Gasteiger partial charge in [0, 0.05) is 0 Å². The maximum atomic E-state index is 6.22. The summed E-state index contributed by atoms with van der Waals surface area (Å²) in [5, 5.41) is 2.94. The van der Waals surface area contributed by atoms with E-state index in [9.17, 15) is 0 Å². The molecule has 0 aromatic heterocycles. The average molecular weight is 257 g/mol. The second kappa shape index (κ2) is 5.16. The number of allylic oxidation sites excluding steroid dienone is 2. The molecule has 0 radical (unpaired) electrons. The van der Waals surface area contributed by atoms with Gasteiger partial charge in [0.15, 0.2) is 0 Å². The van der Waals surface area contributed by atoms with E-state index < -0.39 is 0 Å². The summed E-state index contributed by atoms with van der Waals surface area (Å²) >= 11 is 6.22. The summed E-state index contributed by atoms with van der Waals surface area (Å²) in [6.07, 6.45) is 6.86. The molecule has 0 spiro atoms. The van der Waals surface area contributed by atoms with Gasteiger partial charge < -0.3 is 0 Å². The van der Waals surface area contributed by atoms with Crippen molar-refractivity contribution in [2.45, 2.75) is 31.1 Å². The topological polar surface area (TPSA) is 0 Å². The molecular weight excluding hydrogens is 240 g/mol. The van der Waals surface area contributed by atoms with Crippen LogP contribution in [0.1, 0.15) is 24.8 Å². The Morgan fingerprint density at radius 2 is 1.89 bits per heavy atom. The van der Waals surface area contributed by atoms with E-state index in [1.807, 2.05) is 0 Å². The van der Waals surface area contributed by atoms with E-state index in [2.05, 4.69) is 48.5 Å².